The van der Waals surface area contributed by atoms with Crippen LogP contribution in [0.3, 0.4) is 0 Å². The van der Waals surface area contributed by atoms with Crippen LogP contribution in [0.2, 0.25) is 0 Å². The summed E-state index contributed by atoms with van der Waals surface area (Å²) >= 11 is 5.61. The monoisotopic (exact) mass is 184 g/mol. The fourth-order valence-electron chi connectivity index (χ4n) is 0.627. The van der Waals surface area contributed by atoms with Crippen molar-refractivity contribution in [1.29, 1.82) is 0 Å². The van der Waals surface area contributed by atoms with Crippen LogP contribution in [0.1, 0.15) is 19.8 Å². The molecule has 0 aromatic rings. The molecule has 4 heteroatoms. The highest BCUT2D eigenvalue weighted by molar-refractivity contribution is 7.90. The summed E-state index contributed by atoms with van der Waals surface area (Å²) < 4.78 is 21.1. The SMILES string of the molecule is CC(Cl)CCCS(C)(=O)=O. The summed E-state index contributed by atoms with van der Waals surface area (Å²) in [7, 11) is -2.78. The van der Waals surface area contributed by atoms with Gasteiger partial charge in [0.15, 0.2) is 0 Å². The Morgan fingerprint density at radius 3 is 2.30 bits per heavy atom. The molecule has 0 aliphatic heterocycles. The van der Waals surface area contributed by atoms with E-state index in [1.54, 1.807) is 0 Å². The zero-order valence-corrected chi connectivity index (χ0v) is 7.87. The molecule has 0 fully saturated rings. The van der Waals surface area contributed by atoms with Gasteiger partial charge in [-0.15, -0.1) is 11.6 Å². The van der Waals surface area contributed by atoms with E-state index in [0.717, 1.165) is 6.42 Å². The minimum Gasteiger partial charge on any atom is -0.229 e. The summed E-state index contributed by atoms with van der Waals surface area (Å²) in [5.74, 6) is 0.254. The zero-order chi connectivity index (χ0) is 8.20. The molecule has 0 aromatic carbocycles. The van der Waals surface area contributed by atoms with E-state index in [4.69, 9.17) is 11.6 Å². The van der Waals surface area contributed by atoms with Crippen LogP contribution in [0, 0.1) is 0 Å². The Labute approximate surface area is 67.5 Å². The average molecular weight is 185 g/mol. The molecule has 1 atom stereocenters. The van der Waals surface area contributed by atoms with Gasteiger partial charge in [0.25, 0.3) is 0 Å². The molecule has 62 valence electrons. The number of hydrogen-bond acceptors (Lipinski definition) is 2. The van der Waals surface area contributed by atoms with Gasteiger partial charge in [-0.05, 0) is 19.8 Å². The molecular formula is C6H13ClO2S. The smallest absolute Gasteiger partial charge is 0.147 e. The van der Waals surface area contributed by atoms with Crippen LogP contribution >= 0.6 is 11.6 Å². The fourth-order valence-corrected chi connectivity index (χ4v) is 1.47. The van der Waals surface area contributed by atoms with E-state index < -0.39 is 9.84 Å². The van der Waals surface area contributed by atoms with Crippen molar-refractivity contribution >= 4 is 21.4 Å². The van der Waals surface area contributed by atoms with Gasteiger partial charge in [-0.25, -0.2) is 8.42 Å². The number of halogens is 1. The molecule has 0 saturated heterocycles. The zero-order valence-electron chi connectivity index (χ0n) is 6.30. The summed E-state index contributed by atoms with van der Waals surface area (Å²) in [5.41, 5.74) is 0. The Bertz CT molecular complexity index is 172. The molecule has 0 saturated carbocycles. The van der Waals surface area contributed by atoms with Crippen LogP contribution in [0.5, 0.6) is 0 Å². The minimum absolute atomic E-state index is 0.0850. The van der Waals surface area contributed by atoms with Crippen LogP contribution in [0.15, 0.2) is 0 Å². The van der Waals surface area contributed by atoms with Crippen molar-refractivity contribution in [3.05, 3.63) is 0 Å². The third-order valence-corrected chi connectivity index (χ3v) is 2.37. The van der Waals surface area contributed by atoms with Crippen molar-refractivity contribution in [3.8, 4) is 0 Å². The normalized spacial score (nSPS) is 15.1. The summed E-state index contributed by atoms with van der Waals surface area (Å²) in [5, 5.41) is 0.0850. The van der Waals surface area contributed by atoms with E-state index in [1.807, 2.05) is 6.92 Å². The molecule has 10 heavy (non-hydrogen) atoms. The van der Waals surface area contributed by atoms with E-state index in [-0.39, 0.29) is 11.1 Å². The Morgan fingerprint density at radius 1 is 1.50 bits per heavy atom. The maximum absolute atomic E-state index is 10.6. The van der Waals surface area contributed by atoms with Gasteiger partial charge in [0.05, 0.1) is 0 Å². The van der Waals surface area contributed by atoms with Crippen LogP contribution < -0.4 is 0 Å². The van der Waals surface area contributed by atoms with Crippen molar-refractivity contribution in [2.45, 2.75) is 25.1 Å². The second-order valence-corrected chi connectivity index (χ2v) is 5.56. The first-order valence-electron chi connectivity index (χ1n) is 3.23. The lowest BCUT2D eigenvalue weighted by molar-refractivity contribution is 0.597. The van der Waals surface area contributed by atoms with Crippen LogP contribution in [0.4, 0.5) is 0 Å². The number of rotatable bonds is 4. The molecule has 0 aromatic heterocycles. The molecule has 0 bridgehead atoms. The summed E-state index contributed by atoms with van der Waals surface area (Å²) in [6.45, 7) is 1.86. The van der Waals surface area contributed by atoms with Gasteiger partial charge in [-0.1, -0.05) is 0 Å². The van der Waals surface area contributed by atoms with E-state index in [1.165, 1.54) is 6.26 Å². The van der Waals surface area contributed by atoms with Crippen molar-refractivity contribution in [1.82, 2.24) is 0 Å². The van der Waals surface area contributed by atoms with Crippen molar-refractivity contribution in [3.63, 3.8) is 0 Å². The number of alkyl halides is 1. The third kappa shape index (κ3) is 8.24. The predicted octanol–water partition coefficient (Wildman–Crippen LogP) is 1.44. The summed E-state index contributed by atoms with van der Waals surface area (Å²) in [4.78, 5) is 0. The van der Waals surface area contributed by atoms with Gasteiger partial charge in [-0.3, -0.25) is 0 Å². The molecule has 1 unspecified atom stereocenters. The largest absolute Gasteiger partial charge is 0.229 e. The molecule has 0 aliphatic rings. The molecular weight excluding hydrogens is 172 g/mol. The fraction of sp³-hybridized carbons (Fsp3) is 1.00. The Balaban J connectivity index is 3.39. The highest BCUT2D eigenvalue weighted by Crippen LogP contribution is 2.04. The highest BCUT2D eigenvalue weighted by Gasteiger charge is 2.02. The van der Waals surface area contributed by atoms with Gasteiger partial charge < -0.3 is 0 Å². The first kappa shape index (κ1) is 10.2. The van der Waals surface area contributed by atoms with Crippen LogP contribution in [-0.4, -0.2) is 25.8 Å². The average Bonchev–Trinajstić information content (AvgIpc) is 1.59. The van der Waals surface area contributed by atoms with E-state index >= 15 is 0 Å². The van der Waals surface area contributed by atoms with E-state index in [0.29, 0.717) is 6.42 Å². The summed E-state index contributed by atoms with van der Waals surface area (Å²) in [6, 6.07) is 0. The minimum atomic E-state index is -2.78. The molecule has 0 spiro atoms. The topological polar surface area (TPSA) is 34.1 Å². The highest BCUT2D eigenvalue weighted by atomic mass is 35.5. The predicted molar refractivity (Wildman–Crippen MR) is 44.3 cm³/mol. The van der Waals surface area contributed by atoms with Crippen molar-refractivity contribution in [2.75, 3.05) is 12.0 Å². The first-order chi connectivity index (χ1) is 4.42. The molecule has 0 aliphatic carbocycles. The van der Waals surface area contributed by atoms with Crippen LogP contribution in [-0.2, 0) is 9.84 Å². The van der Waals surface area contributed by atoms with Gasteiger partial charge in [0.2, 0.25) is 0 Å². The van der Waals surface area contributed by atoms with Gasteiger partial charge >= 0.3 is 0 Å². The maximum Gasteiger partial charge on any atom is 0.147 e. The van der Waals surface area contributed by atoms with E-state index in [9.17, 15) is 8.42 Å². The molecule has 0 amide bonds. The van der Waals surface area contributed by atoms with Gasteiger partial charge in [0, 0.05) is 17.4 Å². The standard InChI is InChI=1S/C6H13ClO2S/c1-6(7)4-3-5-10(2,8)9/h6H,3-5H2,1-2H3. The third-order valence-electron chi connectivity index (χ3n) is 1.12. The molecule has 0 radical (unpaired) electrons. The second-order valence-electron chi connectivity index (χ2n) is 2.55. The second kappa shape index (κ2) is 4.19. The maximum atomic E-state index is 10.6. The lowest BCUT2D eigenvalue weighted by Gasteiger charge is -1.99. The number of hydrogen-bond donors (Lipinski definition) is 0. The molecule has 2 nitrogen and oxygen atoms in total. The van der Waals surface area contributed by atoms with Gasteiger partial charge in [-0.2, -0.15) is 0 Å². The van der Waals surface area contributed by atoms with Crippen molar-refractivity contribution < 1.29 is 8.42 Å². The van der Waals surface area contributed by atoms with Gasteiger partial charge in [0.1, 0.15) is 9.84 Å². The Hall–Kier alpha value is 0.240. The molecule has 0 rings (SSSR count). The first-order valence-corrected chi connectivity index (χ1v) is 5.73. The lowest BCUT2D eigenvalue weighted by atomic mass is 10.3. The number of sulfone groups is 1. The Morgan fingerprint density at radius 2 is 2.00 bits per heavy atom. The van der Waals surface area contributed by atoms with Crippen LogP contribution in [0.25, 0.3) is 0 Å². The lowest BCUT2D eigenvalue weighted by Crippen LogP contribution is -2.04. The van der Waals surface area contributed by atoms with Crippen molar-refractivity contribution in [2.24, 2.45) is 0 Å². The quantitative estimate of drug-likeness (QED) is 0.620. The molecule has 0 heterocycles. The summed E-state index contributed by atoms with van der Waals surface area (Å²) in [6.07, 6.45) is 2.68. The Kier molecular flexibility index (Phi) is 4.29. The van der Waals surface area contributed by atoms with E-state index in [2.05, 4.69) is 0 Å². The molecule has 0 N–H and O–H groups in total.